The molecular weight excluding hydrogens is 412 g/mol. The zero-order valence-corrected chi connectivity index (χ0v) is 17.9. The quantitative estimate of drug-likeness (QED) is 0.543. The van der Waals surface area contributed by atoms with Crippen LogP contribution in [0.4, 0.5) is 0 Å². The lowest BCUT2D eigenvalue weighted by Crippen LogP contribution is -2.39. The van der Waals surface area contributed by atoms with Gasteiger partial charge in [-0.2, -0.15) is 4.31 Å². The molecule has 3 aromatic rings. The number of benzene rings is 2. The standard InChI is InChI=1S/C21H21ClN2O2S2/c1-15-4-3-11-24(13-15)28(25,26)19-6-2-5-17(12-19)20-14-27-21(23-20)16-7-9-18(22)10-8-16/h2,5-10,12,14-15H,3-4,11,13H2,1H3/t15-/m0/s1. The van der Waals surface area contributed by atoms with E-state index in [1.165, 1.54) is 11.3 Å². The van der Waals surface area contributed by atoms with Crippen LogP contribution in [-0.4, -0.2) is 30.8 Å². The Labute approximate surface area is 174 Å². The first-order chi connectivity index (χ1) is 13.4. The SMILES string of the molecule is C[C@H]1CCCN(S(=O)(=O)c2cccc(-c3csc(-c4ccc(Cl)cc4)n3)c2)C1. The van der Waals surface area contributed by atoms with E-state index in [-0.39, 0.29) is 0 Å². The molecule has 1 fully saturated rings. The Morgan fingerprint density at radius 1 is 1.14 bits per heavy atom. The van der Waals surface area contributed by atoms with Crippen LogP contribution in [0.25, 0.3) is 21.8 Å². The van der Waals surface area contributed by atoms with Crippen LogP contribution in [0.2, 0.25) is 5.02 Å². The zero-order chi connectivity index (χ0) is 19.7. The van der Waals surface area contributed by atoms with E-state index in [4.69, 9.17) is 16.6 Å². The molecule has 2 aromatic carbocycles. The normalized spacial score (nSPS) is 18.3. The van der Waals surface area contributed by atoms with Gasteiger partial charge in [0.1, 0.15) is 5.01 Å². The number of nitrogens with zero attached hydrogens (tertiary/aromatic N) is 2. The van der Waals surface area contributed by atoms with Gasteiger partial charge in [0.15, 0.2) is 0 Å². The van der Waals surface area contributed by atoms with E-state index >= 15 is 0 Å². The summed E-state index contributed by atoms with van der Waals surface area (Å²) in [4.78, 5) is 5.03. The van der Waals surface area contributed by atoms with Gasteiger partial charge in [-0.05, 0) is 43.0 Å². The molecule has 1 aliphatic heterocycles. The third-order valence-corrected chi connectivity index (χ3v) is 7.99. The topological polar surface area (TPSA) is 50.3 Å². The van der Waals surface area contributed by atoms with E-state index in [1.807, 2.05) is 35.7 Å². The molecule has 0 amide bonds. The molecule has 0 spiro atoms. The van der Waals surface area contributed by atoms with Gasteiger partial charge in [-0.3, -0.25) is 0 Å². The molecule has 1 saturated heterocycles. The van der Waals surface area contributed by atoms with Crippen molar-refractivity contribution < 1.29 is 8.42 Å². The van der Waals surface area contributed by atoms with Crippen LogP contribution in [0.15, 0.2) is 58.8 Å². The minimum atomic E-state index is -3.48. The summed E-state index contributed by atoms with van der Waals surface area (Å²) in [6, 6.07) is 14.6. The molecule has 2 heterocycles. The average molecular weight is 433 g/mol. The number of halogens is 1. The fourth-order valence-corrected chi connectivity index (χ4v) is 6.07. The summed E-state index contributed by atoms with van der Waals surface area (Å²) in [5.74, 6) is 0.396. The van der Waals surface area contributed by atoms with Crippen molar-refractivity contribution in [3.05, 3.63) is 58.9 Å². The van der Waals surface area contributed by atoms with Gasteiger partial charge < -0.3 is 0 Å². The lowest BCUT2D eigenvalue weighted by atomic mass is 10.0. The molecule has 1 aliphatic rings. The highest BCUT2D eigenvalue weighted by Gasteiger charge is 2.28. The monoisotopic (exact) mass is 432 g/mol. The molecule has 0 N–H and O–H groups in total. The number of hydrogen-bond acceptors (Lipinski definition) is 4. The van der Waals surface area contributed by atoms with Crippen LogP contribution in [0.5, 0.6) is 0 Å². The highest BCUT2D eigenvalue weighted by molar-refractivity contribution is 7.89. The molecule has 0 radical (unpaired) electrons. The van der Waals surface area contributed by atoms with Crippen LogP contribution in [0.1, 0.15) is 19.8 Å². The third-order valence-electron chi connectivity index (χ3n) is 4.98. The second-order valence-electron chi connectivity index (χ2n) is 7.18. The van der Waals surface area contributed by atoms with E-state index in [2.05, 4.69) is 6.92 Å². The van der Waals surface area contributed by atoms with Crippen molar-refractivity contribution in [2.75, 3.05) is 13.1 Å². The van der Waals surface area contributed by atoms with Crippen LogP contribution >= 0.6 is 22.9 Å². The number of aromatic nitrogens is 1. The summed E-state index contributed by atoms with van der Waals surface area (Å²) >= 11 is 7.49. The largest absolute Gasteiger partial charge is 0.243 e. The molecule has 28 heavy (non-hydrogen) atoms. The number of piperidine rings is 1. The molecule has 0 bridgehead atoms. The van der Waals surface area contributed by atoms with Crippen molar-refractivity contribution in [3.8, 4) is 21.8 Å². The summed E-state index contributed by atoms with van der Waals surface area (Å²) in [5.41, 5.74) is 2.58. The van der Waals surface area contributed by atoms with Crippen molar-refractivity contribution in [1.29, 1.82) is 0 Å². The van der Waals surface area contributed by atoms with E-state index < -0.39 is 10.0 Å². The average Bonchev–Trinajstić information content (AvgIpc) is 3.19. The van der Waals surface area contributed by atoms with Crippen molar-refractivity contribution >= 4 is 33.0 Å². The highest BCUT2D eigenvalue weighted by atomic mass is 35.5. The van der Waals surface area contributed by atoms with Gasteiger partial charge in [-0.15, -0.1) is 11.3 Å². The molecule has 0 saturated carbocycles. The second-order valence-corrected chi connectivity index (χ2v) is 10.4. The summed E-state index contributed by atoms with van der Waals surface area (Å²) in [6.07, 6.45) is 2.00. The van der Waals surface area contributed by atoms with Gasteiger partial charge in [0.2, 0.25) is 10.0 Å². The molecule has 4 rings (SSSR count). The van der Waals surface area contributed by atoms with Crippen molar-refractivity contribution in [2.45, 2.75) is 24.7 Å². The molecular formula is C21H21ClN2O2S2. The fourth-order valence-electron chi connectivity index (χ4n) is 3.46. The Kier molecular flexibility index (Phi) is 5.56. The predicted octanol–water partition coefficient (Wildman–Crippen LogP) is 5.55. The van der Waals surface area contributed by atoms with Crippen LogP contribution in [0, 0.1) is 5.92 Å². The molecule has 7 heteroatoms. The van der Waals surface area contributed by atoms with Crippen molar-refractivity contribution in [3.63, 3.8) is 0 Å². The van der Waals surface area contributed by atoms with Crippen LogP contribution in [0.3, 0.4) is 0 Å². The minimum Gasteiger partial charge on any atom is -0.236 e. The van der Waals surface area contributed by atoms with Gasteiger partial charge in [-0.1, -0.05) is 42.8 Å². The van der Waals surface area contributed by atoms with Crippen molar-refractivity contribution in [2.24, 2.45) is 5.92 Å². The maximum atomic E-state index is 13.1. The van der Waals surface area contributed by atoms with E-state index in [9.17, 15) is 8.42 Å². The first-order valence-electron chi connectivity index (χ1n) is 9.25. The molecule has 0 unspecified atom stereocenters. The molecule has 0 aliphatic carbocycles. The first kappa shape index (κ1) is 19.6. The van der Waals surface area contributed by atoms with Gasteiger partial charge in [-0.25, -0.2) is 13.4 Å². The number of rotatable bonds is 4. The Morgan fingerprint density at radius 3 is 2.68 bits per heavy atom. The zero-order valence-electron chi connectivity index (χ0n) is 15.5. The van der Waals surface area contributed by atoms with Crippen LogP contribution < -0.4 is 0 Å². The second kappa shape index (κ2) is 7.95. The molecule has 1 aromatic heterocycles. The summed E-state index contributed by atoms with van der Waals surface area (Å²) in [5, 5.41) is 3.52. The number of hydrogen-bond donors (Lipinski definition) is 0. The number of sulfonamides is 1. The smallest absolute Gasteiger partial charge is 0.236 e. The minimum absolute atomic E-state index is 0.333. The summed E-state index contributed by atoms with van der Waals surface area (Å²) in [6.45, 7) is 3.28. The van der Waals surface area contributed by atoms with Gasteiger partial charge in [0.25, 0.3) is 0 Å². The maximum Gasteiger partial charge on any atom is 0.243 e. The Bertz CT molecular complexity index is 1080. The lowest BCUT2D eigenvalue weighted by molar-refractivity contribution is 0.281. The van der Waals surface area contributed by atoms with Crippen molar-refractivity contribution in [1.82, 2.24) is 9.29 Å². The molecule has 146 valence electrons. The Balaban J connectivity index is 1.63. The van der Waals surface area contributed by atoms with Gasteiger partial charge in [0, 0.05) is 34.6 Å². The highest BCUT2D eigenvalue weighted by Crippen LogP contribution is 2.31. The summed E-state index contributed by atoms with van der Waals surface area (Å²) in [7, 11) is -3.48. The third kappa shape index (κ3) is 4.01. The first-order valence-corrected chi connectivity index (χ1v) is 12.0. The molecule has 4 nitrogen and oxygen atoms in total. The Morgan fingerprint density at radius 2 is 1.93 bits per heavy atom. The van der Waals surface area contributed by atoms with Crippen LogP contribution in [-0.2, 0) is 10.0 Å². The maximum absolute atomic E-state index is 13.1. The van der Waals surface area contributed by atoms with Gasteiger partial charge >= 0.3 is 0 Å². The van der Waals surface area contributed by atoms with Gasteiger partial charge in [0.05, 0.1) is 10.6 Å². The van der Waals surface area contributed by atoms with E-state index in [0.29, 0.717) is 28.9 Å². The van der Waals surface area contributed by atoms with E-state index in [1.54, 1.807) is 22.5 Å². The summed E-state index contributed by atoms with van der Waals surface area (Å²) < 4.78 is 27.8. The lowest BCUT2D eigenvalue weighted by Gasteiger charge is -2.30. The van der Waals surface area contributed by atoms with E-state index in [0.717, 1.165) is 34.7 Å². The molecule has 1 atom stereocenters. The fraction of sp³-hybridized carbons (Fsp3) is 0.286. The number of thiazole rings is 1. The predicted molar refractivity (Wildman–Crippen MR) is 115 cm³/mol. The Hall–Kier alpha value is -1.73.